The van der Waals surface area contributed by atoms with Crippen molar-refractivity contribution in [2.24, 2.45) is 39.8 Å². The largest absolute Gasteiger partial charge is 0.481 e. The minimum atomic E-state index is -1.60. The number of hydrogen-bond donors (Lipinski definition) is 14. The Balaban J connectivity index is 2.36. The number of aliphatic carboxylic acids is 2. The van der Waals surface area contributed by atoms with Crippen LogP contribution < -0.4 is 60.2 Å². The molecule has 1 fully saturated rings. The third kappa shape index (κ3) is 20.5. The zero-order valence-electron chi connectivity index (χ0n) is 39.9. The summed E-state index contributed by atoms with van der Waals surface area (Å²) in [4.78, 5) is 155. The van der Waals surface area contributed by atoms with Gasteiger partial charge >= 0.3 is 11.9 Å². The second-order valence-electron chi connectivity index (χ2n) is 17.6. The van der Waals surface area contributed by atoms with Crippen molar-refractivity contribution in [2.75, 3.05) is 19.6 Å². The standard InChI is InChI=1S/C42H69N15O13/c1-20(2)14-24(43)34(62)52-25(8-6-12-48-42(45)46)36(64)53-26(10-11-32(60)61)37(65)54-27(15-23-17-47-19-50-23)38(66)56-33(21(3)4)40(68)57-13-7-9-29(57)39(67)55-28(16-30(44)58)35(63)49-18-31(59)51-22(5)41(69)70/h17,19-22,24-29,33H,6-16,18,43H2,1-5H3,(H2,44,58)(H,47,50)(H,49,63)(H,51,59)(H,52,62)(H,53,64)(H,54,65)(H,55,67)(H,56,66)(H,60,61)(H,69,70)(H4,45,46,48)/t22-,24-,25-,26-,27-,28-,29-,33-/m0/s1. The van der Waals surface area contributed by atoms with Crippen LogP contribution in [-0.4, -0.2) is 164 Å². The van der Waals surface area contributed by atoms with Crippen LogP contribution in [0.15, 0.2) is 17.5 Å². The van der Waals surface area contributed by atoms with Crippen LogP contribution in [0.25, 0.3) is 0 Å². The van der Waals surface area contributed by atoms with E-state index in [9.17, 15) is 57.8 Å². The molecule has 1 saturated heterocycles. The Bertz CT molecular complexity index is 2040. The number of primary amides is 1. The number of imidazole rings is 1. The number of nitrogens with zero attached hydrogens (tertiary/aromatic N) is 3. The van der Waals surface area contributed by atoms with Gasteiger partial charge in [0.25, 0.3) is 0 Å². The fourth-order valence-corrected chi connectivity index (χ4v) is 7.15. The molecule has 0 bridgehead atoms. The highest BCUT2D eigenvalue weighted by Gasteiger charge is 2.41. The van der Waals surface area contributed by atoms with Gasteiger partial charge in [0.1, 0.15) is 42.3 Å². The minimum Gasteiger partial charge on any atom is -0.481 e. The van der Waals surface area contributed by atoms with Crippen molar-refractivity contribution >= 4 is 71.1 Å². The zero-order valence-corrected chi connectivity index (χ0v) is 39.9. The highest BCUT2D eigenvalue weighted by atomic mass is 16.4. The van der Waals surface area contributed by atoms with Crippen molar-refractivity contribution in [2.45, 2.75) is 141 Å². The summed E-state index contributed by atoms with van der Waals surface area (Å²) in [5.74, 6) is -11.3. The lowest BCUT2D eigenvalue weighted by Crippen LogP contribution is -2.61. The van der Waals surface area contributed by atoms with Crippen LogP contribution >= 0.6 is 0 Å². The molecule has 0 aliphatic carbocycles. The van der Waals surface area contributed by atoms with Crippen LogP contribution in [0.3, 0.4) is 0 Å². The van der Waals surface area contributed by atoms with Gasteiger partial charge in [0, 0.05) is 37.8 Å². The Morgan fingerprint density at radius 1 is 0.800 bits per heavy atom. The third-order valence-electron chi connectivity index (χ3n) is 10.8. The predicted molar refractivity (Wildman–Crippen MR) is 248 cm³/mol. The molecular formula is C42H69N15O13. The van der Waals surface area contributed by atoms with Crippen LogP contribution in [0.5, 0.6) is 0 Å². The maximum Gasteiger partial charge on any atom is 0.325 e. The average Bonchev–Trinajstić information content (AvgIpc) is 3.98. The highest BCUT2D eigenvalue weighted by Crippen LogP contribution is 2.21. The predicted octanol–water partition coefficient (Wildman–Crippen LogP) is -5.10. The molecule has 18 N–H and O–H groups in total. The molecule has 1 aromatic rings. The van der Waals surface area contributed by atoms with E-state index in [2.05, 4.69) is 52.2 Å². The second kappa shape index (κ2) is 28.8. The van der Waals surface area contributed by atoms with Gasteiger partial charge in [-0.2, -0.15) is 0 Å². The van der Waals surface area contributed by atoms with Gasteiger partial charge in [0.2, 0.25) is 53.2 Å². The van der Waals surface area contributed by atoms with Crippen LogP contribution in [-0.2, 0) is 59.2 Å². The number of carbonyl (C=O) groups is 11. The van der Waals surface area contributed by atoms with Gasteiger partial charge in [-0.15, -0.1) is 0 Å². The lowest BCUT2D eigenvalue weighted by atomic mass is 10.0. The molecule has 28 nitrogen and oxygen atoms in total. The molecule has 70 heavy (non-hydrogen) atoms. The molecule has 2 rings (SSSR count). The number of nitrogens with two attached hydrogens (primary N) is 4. The first-order valence-electron chi connectivity index (χ1n) is 22.7. The summed E-state index contributed by atoms with van der Waals surface area (Å²) in [5, 5.41) is 35.6. The topological polar surface area (TPSA) is 461 Å². The van der Waals surface area contributed by atoms with Crippen molar-refractivity contribution in [1.82, 2.24) is 52.1 Å². The normalized spacial score (nSPS) is 16.2. The van der Waals surface area contributed by atoms with Crippen LogP contribution in [0.2, 0.25) is 0 Å². The molecule has 1 aliphatic rings. The molecular weight excluding hydrogens is 923 g/mol. The van der Waals surface area contributed by atoms with Crippen LogP contribution in [0.4, 0.5) is 0 Å². The number of carboxylic acids is 2. The van der Waals surface area contributed by atoms with Gasteiger partial charge in [-0.3, -0.25) is 57.7 Å². The maximum atomic E-state index is 14.3. The van der Waals surface area contributed by atoms with Crippen molar-refractivity contribution in [3.8, 4) is 0 Å². The van der Waals surface area contributed by atoms with Gasteiger partial charge in [-0.25, -0.2) is 4.98 Å². The number of aromatic nitrogens is 2. The first-order chi connectivity index (χ1) is 32.8. The van der Waals surface area contributed by atoms with Crippen molar-refractivity contribution in [1.29, 1.82) is 0 Å². The number of likely N-dealkylation sites (tertiary alicyclic amines) is 1. The van der Waals surface area contributed by atoms with Gasteiger partial charge in [0.05, 0.1) is 25.3 Å². The van der Waals surface area contributed by atoms with Crippen LogP contribution in [0, 0.1) is 11.8 Å². The maximum absolute atomic E-state index is 14.3. The first-order valence-corrected chi connectivity index (χ1v) is 22.7. The molecule has 9 amide bonds. The Morgan fingerprint density at radius 2 is 1.41 bits per heavy atom. The average molecular weight is 992 g/mol. The van der Waals surface area contributed by atoms with E-state index in [1.54, 1.807) is 13.8 Å². The summed E-state index contributed by atoms with van der Waals surface area (Å²) >= 11 is 0. The minimum absolute atomic E-state index is 0.0224. The summed E-state index contributed by atoms with van der Waals surface area (Å²) < 4.78 is 0. The van der Waals surface area contributed by atoms with Gasteiger partial charge in [0.15, 0.2) is 5.96 Å². The summed E-state index contributed by atoms with van der Waals surface area (Å²) in [6.45, 7) is 7.52. The number of aromatic amines is 1. The lowest BCUT2D eigenvalue weighted by Gasteiger charge is -2.32. The SMILES string of the molecule is CC(C)C[C@H](N)C(=O)N[C@@H](CCCN=C(N)N)C(=O)N[C@@H](CCC(=O)O)C(=O)N[C@@H](Cc1cnc[nH]1)C(=O)N[C@H](C(=O)N1CCC[C@H]1C(=O)N[C@@H](CC(N)=O)C(=O)NCC(=O)N[C@@H](C)C(=O)O)C(C)C. The second-order valence-corrected chi connectivity index (χ2v) is 17.6. The molecule has 28 heteroatoms. The fourth-order valence-electron chi connectivity index (χ4n) is 7.15. The Kier molecular flexibility index (Phi) is 24.2. The van der Waals surface area contributed by atoms with Gasteiger partial charge in [-0.1, -0.05) is 27.7 Å². The fraction of sp³-hybridized carbons (Fsp3) is 0.643. The highest BCUT2D eigenvalue weighted by molar-refractivity contribution is 5.99. The molecule has 1 aliphatic heterocycles. The van der Waals surface area contributed by atoms with Crippen molar-refractivity contribution in [3.63, 3.8) is 0 Å². The van der Waals surface area contributed by atoms with E-state index in [-0.39, 0.29) is 57.1 Å². The molecule has 0 saturated carbocycles. The first kappa shape index (κ1) is 58.7. The smallest absolute Gasteiger partial charge is 0.325 e. The Hall–Kier alpha value is -7.39. The molecule has 1 aromatic heterocycles. The number of H-pyrrole nitrogens is 1. The molecule has 0 unspecified atom stereocenters. The van der Waals surface area contributed by atoms with E-state index >= 15 is 0 Å². The number of carbonyl (C=O) groups excluding carboxylic acids is 9. The number of aliphatic imine (C=N–C) groups is 1. The Morgan fingerprint density at radius 3 is 1.97 bits per heavy atom. The molecule has 390 valence electrons. The third-order valence-corrected chi connectivity index (χ3v) is 10.8. The summed E-state index contributed by atoms with van der Waals surface area (Å²) in [7, 11) is 0. The zero-order chi connectivity index (χ0) is 52.8. The van der Waals surface area contributed by atoms with E-state index in [1.165, 1.54) is 24.3 Å². The number of carboxylic acid groups (broad SMARTS) is 2. The van der Waals surface area contributed by atoms with E-state index in [0.717, 1.165) is 0 Å². The molecule has 0 spiro atoms. The van der Waals surface area contributed by atoms with Crippen LogP contribution in [0.1, 0.15) is 91.7 Å². The number of amides is 9. The number of hydrogen-bond acceptors (Lipinski definition) is 14. The number of guanidine groups is 1. The monoisotopic (exact) mass is 992 g/mol. The van der Waals surface area contributed by atoms with E-state index in [1.807, 2.05) is 13.8 Å². The number of rotatable bonds is 30. The molecule has 8 atom stereocenters. The number of nitrogens with one attached hydrogen (secondary N) is 8. The van der Waals surface area contributed by atoms with E-state index in [0.29, 0.717) is 12.1 Å². The van der Waals surface area contributed by atoms with Crippen molar-refractivity contribution in [3.05, 3.63) is 18.2 Å². The molecule has 2 heterocycles. The summed E-state index contributed by atoms with van der Waals surface area (Å²) in [6.07, 6.45) is 1.54. The van der Waals surface area contributed by atoms with Gasteiger partial charge in [-0.05, 0) is 57.3 Å². The quantitative estimate of drug-likeness (QED) is 0.0195. The molecule has 0 radical (unpaired) electrons. The van der Waals surface area contributed by atoms with E-state index in [4.69, 9.17) is 28.0 Å². The van der Waals surface area contributed by atoms with Gasteiger partial charge < -0.3 is 80.2 Å². The Labute approximate surface area is 403 Å². The van der Waals surface area contributed by atoms with Crippen molar-refractivity contribution < 1.29 is 63.0 Å². The molecule has 0 aromatic carbocycles. The lowest BCUT2D eigenvalue weighted by molar-refractivity contribution is -0.143. The summed E-state index contributed by atoms with van der Waals surface area (Å²) in [5.41, 5.74) is 22.6. The van der Waals surface area contributed by atoms with E-state index < -0.39 is 145 Å². The summed E-state index contributed by atoms with van der Waals surface area (Å²) in [6, 6.07) is -10.7.